The van der Waals surface area contributed by atoms with Gasteiger partial charge in [0.15, 0.2) is 17.6 Å². The van der Waals surface area contributed by atoms with E-state index in [1.165, 1.54) is 16.2 Å². The van der Waals surface area contributed by atoms with Crippen LogP contribution < -0.4 is 9.64 Å². The molecule has 3 aromatic rings. The van der Waals surface area contributed by atoms with E-state index in [9.17, 15) is 4.79 Å². The Morgan fingerprint density at radius 3 is 2.77 bits per heavy atom. The maximum atomic E-state index is 12.7. The first-order valence-corrected chi connectivity index (χ1v) is 10.7. The number of fused-ring (bicyclic) bond motifs is 1. The molecule has 0 aliphatic carbocycles. The number of benzene rings is 1. The highest BCUT2D eigenvalue weighted by molar-refractivity contribution is 5.91. The number of amides is 1. The molecule has 2 aliphatic heterocycles. The molecule has 30 heavy (non-hydrogen) atoms. The SMILES string of the molecule is COc1ccccc1[C@@H]1c2cccn2CC[NH+]1Cc1ccc(C(=O)N2CCCC2)o1. The lowest BCUT2D eigenvalue weighted by Crippen LogP contribution is -3.12. The normalized spacial score (nSPS) is 20.9. The van der Waals surface area contributed by atoms with Crippen molar-refractivity contribution >= 4 is 5.91 Å². The fourth-order valence-corrected chi connectivity index (χ4v) is 4.87. The zero-order valence-electron chi connectivity index (χ0n) is 17.3. The second kappa shape index (κ2) is 8.03. The van der Waals surface area contributed by atoms with Gasteiger partial charge in [0, 0.05) is 19.3 Å². The third-order valence-corrected chi connectivity index (χ3v) is 6.36. The molecule has 2 aromatic heterocycles. The minimum atomic E-state index is 0.0162. The number of methoxy groups -OCH3 is 1. The third kappa shape index (κ3) is 3.41. The van der Waals surface area contributed by atoms with Gasteiger partial charge in [0.1, 0.15) is 12.3 Å². The maximum absolute atomic E-state index is 12.7. The summed E-state index contributed by atoms with van der Waals surface area (Å²) in [7, 11) is 1.73. The lowest BCUT2D eigenvalue weighted by molar-refractivity contribution is -0.944. The third-order valence-electron chi connectivity index (χ3n) is 6.36. The first-order valence-electron chi connectivity index (χ1n) is 10.7. The van der Waals surface area contributed by atoms with Gasteiger partial charge in [-0.25, -0.2) is 0 Å². The van der Waals surface area contributed by atoms with E-state index in [2.05, 4.69) is 35.0 Å². The molecule has 2 atom stereocenters. The predicted molar refractivity (Wildman–Crippen MR) is 113 cm³/mol. The van der Waals surface area contributed by atoms with Crippen LogP contribution in [0.5, 0.6) is 5.75 Å². The standard InChI is InChI=1S/C24H27N3O3/c1-29-21-9-3-2-7-19(21)23-20-8-6-14-25(20)15-16-27(23)17-18-10-11-22(30-18)24(28)26-12-4-5-13-26/h2-3,6-11,14,23H,4-5,12-13,15-17H2,1H3/p+1/t23-/m1/s1. The molecule has 6 heteroatoms. The van der Waals surface area contributed by atoms with Crippen LogP contribution in [0.1, 0.15) is 46.5 Å². The number of para-hydroxylation sites is 1. The highest BCUT2D eigenvalue weighted by atomic mass is 16.5. The second-order valence-corrected chi connectivity index (χ2v) is 8.15. The number of nitrogens with zero attached hydrogens (tertiary/aromatic N) is 2. The Hall–Kier alpha value is -2.99. The first kappa shape index (κ1) is 19.0. The van der Waals surface area contributed by atoms with Crippen LogP contribution in [0.2, 0.25) is 0 Å². The average molecular weight is 407 g/mol. The smallest absolute Gasteiger partial charge is 0.289 e. The maximum Gasteiger partial charge on any atom is 0.289 e. The molecule has 1 amide bonds. The van der Waals surface area contributed by atoms with Gasteiger partial charge in [0.2, 0.25) is 0 Å². The van der Waals surface area contributed by atoms with E-state index < -0.39 is 0 Å². The molecule has 1 saturated heterocycles. The molecular formula is C24H28N3O3+. The van der Waals surface area contributed by atoms with Crippen molar-refractivity contribution in [3.63, 3.8) is 0 Å². The summed E-state index contributed by atoms with van der Waals surface area (Å²) in [6.07, 6.45) is 4.31. The molecule has 0 bridgehead atoms. The van der Waals surface area contributed by atoms with Crippen LogP contribution in [0, 0.1) is 0 Å². The van der Waals surface area contributed by atoms with Gasteiger partial charge in [0.25, 0.3) is 5.91 Å². The highest BCUT2D eigenvalue weighted by Crippen LogP contribution is 2.30. The van der Waals surface area contributed by atoms with Crippen molar-refractivity contribution in [2.45, 2.75) is 32.0 Å². The number of hydrogen-bond acceptors (Lipinski definition) is 3. The number of carbonyl (C=O) groups excluding carboxylic acids is 1. The van der Waals surface area contributed by atoms with Gasteiger partial charge in [-0.15, -0.1) is 0 Å². The van der Waals surface area contributed by atoms with Crippen molar-refractivity contribution in [3.05, 3.63) is 77.5 Å². The van der Waals surface area contributed by atoms with Gasteiger partial charge in [-0.1, -0.05) is 12.1 Å². The number of likely N-dealkylation sites (tertiary alicyclic amines) is 1. The lowest BCUT2D eigenvalue weighted by Gasteiger charge is -2.34. The van der Waals surface area contributed by atoms with Crippen molar-refractivity contribution < 1.29 is 18.8 Å². The minimum absolute atomic E-state index is 0.0162. The number of furan rings is 1. The van der Waals surface area contributed by atoms with Crippen LogP contribution in [-0.2, 0) is 13.1 Å². The fraction of sp³-hybridized carbons (Fsp3) is 0.375. The summed E-state index contributed by atoms with van der Waals surface area (Å²) >= 11 is 0. The fourth-order valence-electron chi connectivity index (χ4n) is 4.87. The van der Waals surface area contributed by atoms with Crippen LogP contribution in [-0.4, -0.2) is 42.1 Å². The molecule has 2 aliphatic rings. The summed E-state index contributed by atoms with van der Waals surface area (Å²) in [5.74, 6) is 2.23. The number of ether oxygens (including phenoxy) is 1. The van der Waals surface area contributed by atoms with Gasteiger partial charge in [0.05, 0.1) is 31.5 Å². The molecule has 5 rings (SSSR count). The van der Waals surface area contributed by atoms with Crippen LogP contribution in [0.3, 0.4) is 0 Å². The number of carbonyl (C=O) groups is 1. The highest BCUT2D eigenvalue weighted by Gasteiger charge is 2.35. The van der Waals surface area contributed by atoms with Crippen molar-refractivity contribution in [2.75, 3.05) is 26.7 Å². The van der Waals surface area contributed by atoms with E-state index in [0.29, 0.717) is 5.76 Å². The number of hydrogen-bond donors (Lipinski definition) is 1. The van der Waals surface area contributed by atoms with E-state index in [-0.39, 0.29) is 11.9 Å². The number of nitrogens with one attached hydrogen (secondary N) is 1. The van der Waals surface area contributed by atoms with E-state index in [0.717, 1.165) is 57.1 Å². The Labute approximate surface area is 176 Å². The van der Waals surface area contributed by atoms with Crippen molar-refractivity contribution in [1.29, 1.82) is 0 Å². The lowest BCUT2D eigenvalue weighted by atomic mass is 9.98. The summed E-state index contributed by atoms with van der Waals surface area (Å²) in [5, 5.41) is 0. The van der Waals surface area contributed by atoms with E-state index in [4.69, 9.17) is 9.15 Å². The van der Waals surface area contributed by atoms with Gasteiger partial charge >= 0.3 is 0 Å². The summed E-state index contributed by atoms with van der Waals surface area (Å²) in [6, 6.07) is 16.5. The molecule has 4 heterocycles. The molecule has 6 nitrogen and oxygen atoms in total. The number of quaternary nitrogens is 1. The average Bonchev–Trinajstić information content (AvgIpc) is 3.54. The topological polar surface area (TPSA) is 52.1 Å². The number of aromatic nitrogens is 1. The van der Waals surface area contributed by atoms with Crippen molar-refractivity contribution in [3.8, 4) is 5.75 Å². The van der Waals surface area contributed by atoms with Crippen molar-refractivity contribution in [2.24, 2.45) is 0 Å². The second-order valence-electron chi connectivity index (χ2n) is 8.15. The first-order chi connectivity index (χ1) is 14.7. The summed E-state index contributed by atoms with van der Waals surface area (Å²) in [6.45, 7) is 4.32. The van der Waals surface area contributed by atoms with Gasteiger partial charge < -0.3 is 23.5 Å². The zero-order valence-corrected chi connectivity index (χ0v) is 17.3. The Bertz CT molecular complexity index is 1030. The van der Waals surface area contributed by atoms with Gasteiger partial charge in [-0.3, -0.25) is 4.79 Å². The van der Waals surface area contributed by atoms with Crippen LogP contribution in [0.15, 0.2) is 59.1 Å². The van der Waals surface area contributed by atoms with Crippen LogP contribution in [0.25, 0.3) is 0 Å². The summed E-state index contributed by atoms with van der Waals surface area (Å²) in [4.78, 5) is 15.9. The minimum Gasteiger partial charge on any atom is -0.496 e. The Balaban J connectivity index is 1.43. The van der Waals surface area contributed by atoms with Gasteiger partial charge in [-0.2, -0.15) is 0 Å². The van der Waals surface area contributed by atoms with Crippen molar-refractivity contribution in [1.82, 2.24) is 9.47 Å². The molecular weight excluding hydrogens is 378 g/mol. The molecule has 0 radical (unpaired) electrons. The van der Waals surface area contributed by atoms with E-state index >= 15 is 0 Å². The Kier molecular flexibility index (Phi) is 5.09. The Morgan fingerprint density at radius 2 is 1.93 bits per heavy atom. The molecule has 0 spiro atoms. The largest absolute Gasteiger partial charge is 0.496 e. The molecule has 1 fully saturated rings. The molecule has 156 valence electrons. The van der Waals surface area contributed by atoms with Gasteiger partial charge in [-0.05, 0) is 49.2 Å². The molecule has 0 saturated carbocycles. The summed E-state index contributed by atoms with van der Waals surface area (Å²) in [5.41, 5.74) is 2.45. The van der Waals surface area contributed by atoms with E-state index in [1.807, 2.05) is 29.2 Å². The van der Waals surface area contributed by atoms with E-state index in [1.54, 1.807) is 7.11 Å². The zero-order chi connectivity index (χ0) is 20.5. The predicted octanol–water partition coefficient (Wildman–Crippen LogP) is 2.51. The molecule has 1 unspecified atom stereocenters. The monoisotopic (exact) mass is 406 g/mol. The van der Waals surface area contributed by atoms with Crippen LogP contribution in [0.4, 0.5) is 0 Å². The molecule has 1 N–H and O–H groups in total. The number of rotatable bonds is 5. The van der Waals surface area contributed by atoms with Crippen LogP contribution >= 0.6 is 0 Å². The Morgan fingerprint density at radius 1 is 1.10 bits per heavy atom. The quantitative estimate of drug-likeness (QED) is 0.708. The molecule has 1 aromatic carbocycles. The summed E-state index contributed by atoms with van der Waals surface area (Å²) < 4.78 is 14.0.